The Kier molecular flexibility index (Phi) is 3.60. The fourth-order valence-corrected chi connectivity index (χ4v) is 3.20. The van der Waals surface area contributed by atoms with Gasteiger partial charge in [0.1, 0.15) is 0 Å². The summed E-state index contributed by atoms with van der Waals surface area (Å²) in [7, 11) is 0. The van der Waals surface area contributed by atoms with Crippen molar-refractivity contribution in [3.8, 4) is 0 Å². The number of aromatic amines is 1. The molecule has 2 heterocycles. The van der Waals surface area contributed by atoms with Crippen LogP contribution in [0.1, 0.15) is 30.7 Å². The number of H-pyrrole nitrogens is 1. The Balaban J connectivity index is 1.91. The largest absolute Gasteiger partial charge is 0.397 e. The van der Waals surface area contributed by atoms with E-state index in [1.54, 1.807) is 17.5 Å². The summed E-state index contributed by atoms with van der Waals surface area (Å²) in [6.45, 7) is 2.20. The molecule has 0 amide bonds. The van der Waals surface area contributed by atoms with Gasteiger partial charge in [-0.2, -0.15) is 5.10 Å². The zero-order chi connectivity index (χ0) is 13.9. The first-order valence-corrected chi connectivity index (χ1v) is 7.68. The molecule has 0 aliphatic carbocycles. The van der Waals surface area contributed by atoms with Crippen molar-refractivity contribution in [2.75, 3.05) is 11.1 Å². The zero-order valence-corrected chi connectivity index (χ0v) is 12.2. The monoisotopic (exact) mass is 286 g/mol. The molecule has 5 heteroatoms. The van der Waals surface area contributed by atoms with Crippen LogP contribution in [-0.2, 0) is 0 Å². The smallest absolute Gasteiger partial charge is 0.0672 e. The summed E-state index contributed by atoms with van der Waals surface area (Å²) >= 11 is 1.78. The summed E-state index contributed by atoms with van der Waals surface area (Å²) in [6.07, 6.45) is 4.00. The third-order valence-corrected chi connectivity index (χ3v) is 4.39. The second-order valence-corrected chi connectivity index (χ2v) is 5.88. The lowest BCUT2D eigenvalue weighted by Gasteiger charge is -2.19. The van der Waals surface area contributed by atoms with Gasteiger partial charge in [0, 0.05) is 10.3 Å². The fourth-order valence-electron chi connectivity index (χ4n) is 2.39. The summed E-state index contributed by atoms with van der Waals surface area (Å²) in [5.41, 5.74) is 8.87. The number of benzene rings is 1. The van der Waals surface area contributed by atoms with Crippen molar-refractivity contribution < 1.29 is 0 Å². The maximum absolute atomic E-state index is 6.14. The van der Waals surface area contributed by atoms with E-state index in [4.69, 9.17) is 5.73 Å². The van der Waals surface area contributed by atoms with Crippen molar-refractivity contribution in [3.63, 3.8) is 0 Å². The van der Waals surface area contributed by atoms with Gasteiger partial charge in [-0.05, 0) is 30.0 Å². The van der Waals surface area contributed by atoms with Crippen LogP contribution >= 0.6 is 11.3 Å². The van der Waals surface area contributed by atoms with Gasteiger partial charge in [-0.1, -0.05) is 19.4 Å². The number of nitrogen functional groups attached to an aromatic ring is 1. The van der Waals surface area contributed by atoms with Crippen LogP contribution in [0.2, 0.25) is 0 Å². The zero-order valence-electron chi connectivity index (χ0n) is 11.4. The van der Waals surface area contributed by atoms with E-state index in [2.05, 4.69) is 40.0 Å². The molecule has 20 heavy (non-hydrogen) atoms. The van der Waals surface area contributed by atoms with Gasteiger partial charge >= 0.3 is 0 Å². The normalized spacial score (nSPS) is 12.7. The lowest BCUT2D eigenvalue weighted by atomic mass is 10.1. The minimum atomic E-state index is 0.308. The molecule has 1 unspecified atom stereocenters. The van der Waals surface area contributed by atoms with Crippen molar-refractivity contribution in [1.29, 1.82) is 0 Å². The number of nitrogens with two attached hydrogens (primary N) is 1. The molecule has 0 spiro atoms. The molecule has 1 atom stereocenters. The highest BCUT2D eigenvalue weighted by atomic mass is 32.1. The Morgan fingerprint density at radius 2 is 2.35 bits per heavy atom. The average molecular weight is 286 g/mol. The van der Waals surface area contributed by atoms with Crippen molar-refractivity contribution in [1.82, 2.24) is 10.2 Å². The minimum Gasteiger partial charge on any atom is -0.397 e. The summed E-state index contributed by atoms with van der Waals surface area (Å²) in [6, 6.07) is 8.56. The molecule has 2 aromatic heterocycles. The molecule has 4 nitrogen and oxygen atoms in total. The van der Waals surface area contributed by atoms with Gasteiger partial charge in [0.05, 0.1) is 29.1 Å². The van der Waals surface area contributed by atoms with Crippen LogP contribution in [-0.4, -0.2) is 10.2 Å². The standard InChI is InChI=1S/C15H18N4S/c1-2-4-12(15-5-3-6-20-15)18-14-8-13-10(7-11(14)16)9-17-19-13/h3,5-9,12,18H,2,4,16H2,1H3,(H,17,19). The van der Waals surface area contributed by atoms with Gasteiger partial charge in [-0.3, -0.25) is 5.10 Å². The van der Waals surface area contributed by atoms with E-state index in [-0.39, 0.29) is 0 Å². The topological polar surface area (TPSA) is 66.7 Å². The molecule has 0 aliphatic heterocycles. The van der Waals surface area contributed by atoms with E-state index in [0.717, 1.165) is 35.1 Å². The highest BCUT2D eigenvalue weighted by Gasteiger charge is 2.13. The molecule has 104 valence electrons. The number of nitrogens with one attached hydrogen (secondary N) is 2. The maximum atomic E-state index is 6.14. The molecular weight excluding hydrogens is 268 g/mol. The van der Waals surface area contributed by atoms with Gasteiger partial charge < -0.3 is 11.1 Å². The first kappa shape index (κ1) is 13.0. The average Bonchev–Trinajstić information content (AvgIpc) is 3.08. The Morgan fingerprint density at radius 3 is 3.10 bits per heavy atom. The summed E-state index contributed by atoms with van der Waals surface area (Å²) in [5, 5.41) is 13.7. The van der Waals surface area contributed by atoms with Crippen LogP contribution < -0.4 is 11.1 Å². The molecule has 0 radical (unpaired) electrons. The highest BCUT2D eigenvalue weighted by Crippen LogP contribution is 2.31. The van der Waals surface area contributed by atoms with E-state index in [1.165, 1.54) is 4.88 Å². The predicted molar refractivity (Wildman–Crippen MR) is 86.1 cm³/mol. The van der Waals surface area contributed by atoms with Gasteiger partial charge in [0.2, 0.25) is 0 Å². The molecule has 0 fully saturated rings. The van der Waals surface area contributed by atoms with Crippen LogP contribution in [0.4, 0.5) is 11.4 Å². The Morgan fingerprint density at radius 1 is 1.45 bits per heavy atom. The molecule has 0 bridgehead atoms. The third-order valence-electron chi connectivity index (χ3n) is 3.40. The van der Waals surface area contributed by atoms with Crippen molar-refractivity contribution in [2.24, 2.45) is 0 Å². The molecule has 0 aliphatic rings. The van der Waals surface area contributed by atoms with E-state index < -0.39 is 0 Å². The molecule has 1 aromatic carbocycles. The Labute approximate surface area is 122 Å². The van der Waals surface area contributed by atoms with Crippen LogP contribution in [0.5, 0.6) is 0 Å². The van der Waals surface area contributed by atoms with Crippen molar-refractivity contribution in [2.45, 2.75) is 25.8 Å². The van der Waals surface area contributed by atoms with E-state index in [0.29, 0.717) is 6.04 Å². The van der Waals surface area contributed by atoms with Crippen LogP contribution in [0, 0.1) is 0 Å². The summed E-state index contributed by atoms with van der Waals surface area (Å²) in [5.74, 6) is 0. The van der Waals surface area contributed by atoms with Gasteiger partial charge in [0.25, 0.3) is 0 Å². The summed E-state index contributed by atoms with van der Waals surface area (Å²) < 4.78 is 0. The van der Waals surface area contributed by atoms with Gasteiger partial charge in [0.15, 0.2) is 0 Å². The molecule has 0 saturated carbocycles. The fraction of sp³-hybridized carbons (Fsp3) is 0.267. The van der Waals surface area contributed by atoms with Gasteiger partial charge in [-0.25, -0.2) is 0 Å². The molecule has 3 rings (SSSR count). The molecular formula is C15H18N4S. The number of thiophene rings is 1. The molecule has 0 saturated heterocycles. The van der Waals surface area contributed by atoms with Crippen LogP contribution in [0.15, 0.2) is 35.8 Å². The SMILES string of the molecule is CCCC(Nc1cc2[nH]ncc2cc1N)c1cccs1. The minimum absolute atomic E-state index is 0.308. The number of rotatable bonds is 5. The number of fused-ring (bicyclic) bond motifs is 1. The lowest BCUT2D eigenvalue weighted by Crippen LogP contribution is -2.10. The van der Waals surface area contributed by atoms with E-state index >= 15 is 0 Å². The number of hydrogen-bond acceptors (Lipinski definition) is 4. The quantitative estimate of drug-likeness (QED) is 0.617. The Bertz CT molecular complexity index is 687. The number of aromatic nitrogens is 2. The Hall–Kier alpha value is -2.01. The lowest BCUT2D eigenvalue weighted by molar-refractivity contribution is 0.688. The second kappa shape index (κ2) is 5.54. The first-order valence-electron chi connectivity index (χ1n) is 6.80. The van der Waals surface area contributed by atoms with Crippen LogP contribution in [0.3, 0.4) is 0 Å². The first-order chi connectivity index (χ1) is 9.78. The number of nitrogens with zero attached hydrogens (tertiary/aromatic N) is 1. The van der Waals surface area contributed by atoms with Crippen molar-refractivity contribution in [3.05, 3.63) is 40.7 Å². The van der Waals surface area contributed by atoms with Crippen molar-refractivity contribution >= 4 is 33.6 Å². The maximum Gasteiger partial charge on any atom is 0.0672 e. The second-order valence-electron chi connectivity index (χ2n) is 4.90. The summed E-state index contributed by atoms with van der Waals surface area (Å²) in [4.78, 5) is 1.34. The molecule has 3 aromatic rings. The van der Waals surface area contributed by atoms with E-state index in [1.807, 2.05) is 12.1 Å². The van der Waals surface area contributed by atoms with E-state index in [9.17, 15) is 0 Å². The third kappa shape index (κ3) is 2.49. The predicted octanol–water partition coefficient (Wildman–Crippen LogP) is 4.16. The highest BCUT2D eigenvalue weighted by molar-refractivity contribution is 7.10. The van der Waals surface area contributed by atoms with Crippen LogP contribution in [0.25, 0.3) is 10.9 Å². The van der Waals surface area contributed by atoms with Gasteiger partial charge in [-0.15, -0.1) is 11.3 Å². The number of anilines is 2. The number of hydrogen-bond donors (Lipinski definition) is 3. The molecule has 4 N–H and O–H groups in total.